The second-order valence-corrected chi connectivity index (χ2v) is 5.16. The summed E-state index contributed by atoms with van der Waals surface area (Å²) in [6.07, 6.45) is 2.80. The molecule has 2 aromatic rings. The number of ether oxygens (including phenoxy) is 2. The molecule has 1 aromatic heterocycles. The Labute approximate surface area is 125 Å². The van der Waals surface area contributed by atoms with Gasteiger partial charge in [0.15, 0.2) is 0 Å². The molecule has 0 saturated heterocycles. The van der Waals surface area contributed by atoms with Gasteiger partial charge in [0, 0.05) is 5.56 Å². The van der Waals surface area contributed by atoms with E-state index >= 15 is 0 Å². The topological polar surface area (TPSA) is 73.2 Å². The van der Waals surface area contributed by atoms with Crippen LogP contribution in [0.15, 0.2) is 24.4 Å². The van der Waals surface area contributed by atoms with Crippen LogP contribution in [0, 0.1) is 5.92 Å². The van der Waals surface area contributed by atoms with Gasteiger partial charge in [-0.3, -0.25) is 0 Å². The van der Waals surface area contributed by atoms with Gasteiger partial charge in [-0.2, -0.15) is 0 Å². The van der Waals surface area contributed by atoms with Crippen molar-refractivity contribution < 1.29 is 9.47 Å². The number of nitrogens with one attached hydrogen (secondary N) is 1. The number of aromatic nitrogens is 2. The Bertz CT molecular complexity index is 595. The summed E-state index contributed by atoms with van der Waals surface area (Å²) in [5.74, 6) is 2.71. The van der Waals surface area contributed by atoms with E-state index in [0.29, 0.717) is 5.92 Å². The molecule has 0 aliphatic heterocycles. The van der Waals surface area contributed by atoms with E-state index in [1.807, 2.05) is 18.2 Å². The number of hydrogen-bond acceptors (Lipinski definition) is 4. The van der Waals surface area contributed by atoms with Gasteiger partial charge in [0.2, 0.25) is 0 Å². The molecule has 3 N–H and O–H groups in total. The van der Waals surface area contributed by atoms with E-state index in [4.69, 9.17) is 15.2 Å². The standard InChI is InChI=1S/C16H23N3O2/c1-5-10(2)15(17)16-18-9-13(19-16)12-8-11(20-3)6-7-14(12)21-4/h6-10,15H,5,17H2,1-4H3,(H,18,19). The van der Waals surface area contributed by atoms with Crippen molar-refractivity contribution >= 4 is 0 Å². The normalized spacial score (nSPS) is 13.8. The van der Waals surface area contributed by atoms with Crippen molar-refractivity contribution in [1.82, 2.24) is 9.97 Å². The third-order valence-corrected chi connectivity index (χ3v) is 3.87. The summed E-state index contributed by atoms with van der Waals surface area (Å²) in [7, 11) is 3.29. The zero-order valence-electron chi connectivity index (χ0n) is 13.0. The van der Waals surface area contributed by atoms with Crippen molar-refractivity contribution in [2.45, 2.75) is 26.3 Å². The molecular weight excluding hydrogens is 266 g/mol. The molecule has 5 nitrogen and oxygen atoms in total. The molecule has 0 radical (unpaired) electrons. The molecule has 1 aromatic carbocycles. The van der Waals surface area contributed by atoms with Crippen molar-refractivity contribution in [1.29, 1.82) is 0 Å². The summed E-state index contributed by atoms with van der Waals surface area (Å²) in [6.45, 7) is 4.25. The molecule has 2 rings (SSSR count). The van der Waals surface area contributed by atoms with E-state index < -0.39 is 0 Å². The van der Waals surface area contributed by atoms with Gasteiger partial charge in [-0.25, -0.2) is 4.98 Å². The first-order valence-corrected chi connectivity index (χ1v) is 7.13. The highest BCUT2D eigenvalue weighted by Crippen LogP contribution is 2.33. The van der Waals surface area contributed by atoms with Gasteiger partial charge in [-0.05, 0) is 24.1 Å². The number of nitrogens with zero attached hydrogens (tertiary/aromatic N) is 1. The minimum absolute atomic E-state index is 0.0969. The first-order valence-electron chi connectivity index (χ1n) is 7.13. The first kappa shape index (κ1) is 15.4. The monoisotopic (exact) mass is 289 g/mol. The fraction of sp³-hybridized carbons (Fsp3) is 0.438. The number of benzene rings is 1. The van der Waals surface area contributed by atoms with Gasteiger partial charge in [-0.1, -0.05) is 20.3 Å². The van der Waals surface area contributed by atoms with E-state index in [1.54, 1.807) is 20.4 Å². The van der Waals surface area contributed by atoms with Crippen LogP contribution in [-0.4, -0.2) is 24.2 Å². The molecular formula is C16H23N3O2. The summed E-state index contributed by atoms with van der Waals surface area (Å²) in [5.41, 5.74) is 8.00. The van der Waals surface area contributed by atoms with Gasteiger partial charge >= 0.3 is 0 Å². The second kappa shape index (κ2) is 6.63. The molecule has 1 heterocycles. The Morgan fingerprint density at radius 2 is 2.05 bits per heavy atom. The predicted octanol–water partition coefficient (Wildman–Crippen LogP) is 3.14. The van der Waals surface area contributed by atoms with Gasteiger partial charge in [0.25, 0.3) is 0 Å². The maximum absolute atomic E-state index is 6.22. The number of aromatic amines is 1. The van der Waals surface area contributed by atoms with Crippen LogP contribution in [0.1, 0.15) is 32.1 Å². The Balaban J connectivity index is 2.37. The van der Waals surface area contributed by atoms with Crippen molar-refractivity contribution in [2.75, 3.05) is 14.2 Å². The number of rotatable bonds is 6. The van der Waals surface area contributed by atoms with Crippen LogP contribution in [0.2, 0.25) is 0 Å². The lowest BCUT2D eigenvalue weighted by molar-refractivity contribution is 0.404. The lowest BCUT2D eigenvalue weighted by Crippen LogP contribution is -2.19. The Hall–Kier alpha value is -2.01. The highest BCUT2D eigenvalue weighted by molar-refractivity contribution is 5.68. The quantitative estimate of drug-likeness (QED) is 0.857. The molecule has 0 amide bonds. The van der Waals surface area contributed by atoms with E-state index in [9.17, 15) is 0 Å². The number of imidazole rings is 1. The van der Waals surface area contributed by atoms with E-state index in [0.717, 1.165) is 35.0 Å². The molecule has 0 fully saturated rings. The average Bonchev–Trinajstić information content (AvgIpc) is 3.02. The van der Waals surface area contributed by atoms with Crippen LogP contribution in [0.4, 0.5) is 0 Å². The SMILES string of the molecule is CCC(C)C(N)c1ncc(-c2cc(OC)ccc2OC)[nH]1. The molecule has 0 aliphatic carbocycles. The smallest absolute Gasteiger partial charge is 0.128 e. The zero-order valence-corrected chi connectivity index (χ0v) is 13.0. The maximum Gasteiger partial charge on any atom is 0.128 e. The molecule has 0 saturated carbocycles. The lowest BCUT2D eigenvalue weighted by Gasteiger charge is -2.15. The summed E-state index contributed by atoms with van der Waals surface area (Å²) < 4.78 is 10.7. The van der Waals surface area contributed by atoms with Gasteiger partial charge in [0.1, 0.15) is 17.3 Å². The number of hydrogen-bond donors (Lipinski definition) is 2. The van der Waals surface area contributed by atoms with Gasteiger partial charge in [0.05, 0.1) is 32.2 Å². The maximum atomic E-state index is 6.22. The molecule has 5 heteroatoms. The fourth-order valence-electron chi connectivity index (χ4n) is 2.19. The zero-order chi connectivity index (χ0) is 15.4. The number of nitrogens with two attached hydrogens (primary N) is 1. The highest BCUT2D eigenvalue weighted by Gasteiger charge is 2.18. The Kier molecular flexibility index (Phi) is 4.85. The van der Waals surface area contributed by atoms with E-state index in [1.165, 1.54) is 0 Å². The fourth-order valence-corrected chi connectivity index (χ4v) is 2.19. The lowest BCUT2D eigenvalue weighted by atomic mass is 10.00. The van der Waals surface area contributed by atoms with Crippen LogP contribution >= 0.6 is 0 Å². The summed E-state index contributed by atoms with van der Waals surface area (Å²) in [5, 5.41) is 0. The largest absolute Gasteiger partial charge is 0.497 e. The summed E-state index contributed by atoms with van der Waals surface area (Å²) >= 11 is 0. The molecule has 0 spiro atoms. The van der Waals surface area contributed by atoms with E-state index in [-0.39, 0.29) is 6.04 Å². The van der Waals surface area contributed by atoms with Gasteiger partial charge < -0.3 is 20.2 Å². The van der Waals surface area contributed by atoms with Crippen LogP contribution in [0.25, 0.3) is 11.3 Å². The molecule has 2 atom stereocenters. The Morgan fingerprint density at radius 1 is 1.29 bits per heavy atom. The van der Waals surface area contributed by atoms with E-state index in [2.05, 4.69) is 23.8 Å². The summed E-state index contributed by atoms with van der Waals surface area (Å²) in [4.78, 5) is 7.71. The molecule has 114 valence electrons. The van der Waals surface area contributed by atoms with Gasteiger partial charge in [-0.15, -0.1) is 0 Å². The molecule has 0 bridgehead atoms. The second-order valence-electron chi connectivity index (χ2n) is 5.16. The third-order valence-electron chi connectivity index (χ3n) is 3.87. The van der Waals surface area contributed by atoms with Crippen LogP contribution in [-0.2, 0) is 0 Å². The molecule has 2 unspecified atom stereocenters. The van der Waals surface area contributed by atoms with Crippen LogP contribution in [0.3, 0.4) is 0 Å². The van der Waals surface area contributed by atoms with Crippen molar-refractivity contribution in [2.24, 2.45) is 11.7 Å². The highest BCUT2D eigenvalue weighted by atomic mass is 16.5. The number of H-pyrrole nitrogens is 1. The van der Waals surface area contributed by atoms with Crippen molar-refractivity contribution in [3.63, 3.8) is 0 Å². The van der Waals surface area contributed by atoms with Crippen molar-refractivity contribution in [3.05, 3.63) is 30.2 Å². The summed E-state index contributed by atoms with van der Waals surface area (Å²) in [6, 6.07) is 5.57. The van der Waals surface area contributed by atoms with Crippen molar-refractivity contribution in [3.8, 4) is 22.8 Å². The minimum atomic E-state index is -0.0969. The third kappa shape index (κ3) is 3.19. The predicted molar refractivity (Wildman–Crippen MR) is 83.5 cm³/mol. The Morgan fingerprint density at radius 3 is 2.67 bits per heavy atom. The first-order chi connectivity index (χ1) is 10.1. The van der Waals surface area contributed by atoms with Crippen LogP contribution in [0.5, 0.6) is 11.5 Å². The number of methoxy groups -OCH3 is 2. The average molecular weight is 289 g/mol. The minimum Gasteiger partial charge on any atom is -0.497 e. The molecule has 0 aliphatic rings. The van der Waals surface area contributed by atoms with Crippen LogP contribution < -0.4 is 15.2 Å². The molecule has 21 heavy (non-hydrogen) atoms.